The topological polar surface area (TPSA) is 51.8 Å². The Balaban J connectivity index is 1.80. The van der Waals surface area contributed by atoms with Gasteiger partial charge in [-0.1, -0.05) is 0 Å². The fourth-order valence-electron chi connectivity index (χ4n) is 1.44. The molecule has 0 unspecified atom stereocenters. The maximum atomic E-state index is 5.30. The second-order valence-electron chi connectivity index (χ2n) is 3.51. The van der Waals surface area contributed by atoms with E-state index in [-0.39, 0.29) is 0 Å². The largest absolute Gasteiger partial charge is 0.462 e. The van der Waals surface area contributed by atoms with Crippen molar-refractivity contribution >= 4 is 23.5 Å². The lowest BCUT2D eigenvalue weighted by molar-refractivity contribution is 0.582. The number of aromatic nitrogens is 3. The Bertz CT molecular complexity index is 644. The Kier molecular flexibility index (Phi) is 2.97. The Morgan fingerprint density at radius 1 is 1.17 bits per heavy atom. The van der Waals surface area contributed by atoms with E-state index in [4.69, 9.17) is 4.42 Å². The van der Waals surface area contributed by atoms with E-state index in [2.05, 4.69) is 15.0 Å². The molecule has 3 rings (SSSR count). The van der Waals surface area contributed by atoms with Gasteiger partial charge in [0.15, 0.2) is 10.8 Å². The summed E-state index contributed by atoms with van der Waals surface area (Å²) in [5.74, 6) is 0.793. The highest BCUT2D eigenvalue weighted by Crippen LogP contribution is 2.26. The van der Waals surface area contributed by atoms with Crippen molar-refractivity contribution in [3.05, 3.63) is 53.8 Å². The quantitative estimate of drug-likeness (QED) is 0.720. The maximum Gasteiger partial charge on any atom is 0.162 e. The molecule has 3 aromatic heterocycles. The van der Waals surface area contributed by atoms with Gasteiger partial charge in [-0.05, 0) is 30.4 Å². The van der Waals surface area contributed by atoms with E-state index in [9.17, 15) is 0 Å². The van der Waals surface area contributed by atoms with Crippen LogP contribution >= 0.6 is 11.3 Å². The predicted molar refractivity (Wildman–Crippen MR) is 70.8 cm³/mol. The summed E-state index contributed by atoms with van der Waals surface area (Å²) in [5.41, 5.74) is 0.873. The number of rotatable bonds is 3. The van der Waals surface area contributed by atoms with Gasteiger partial charge in [-0.25, -0.2) is 15.0 Å². The van der Waals surface area contributed by atoms with Crippen molar-refractivity contribution < 1.29 is 4.42 Å². The lowest BCUT2D eigenvalue weighted by atomic mass is 10.3. The number of thiazole rings is 1. The third-order valence-corrected chi connectivity index (χ3v) is 3.26. The van der Waals surface area contributed by atoms with Crippen LogP contribution in [0.1, 0.15) is 10.6 Å². The lowest BCUT2D eigenvalue weighted by Gasteiger charge is -1.88. The molecule has 4 nitrogen and oxygen atoms in total. The van der Waals surface area contributed by atoms with Gasteiger partial charge in [-0.2, -0.15) is 0 Å². The van der Waals surface area contributed by atoms with E-state index in [1.165, 1.54) is 6.33 Å². The first kappa shape index (κ1) is 10.9. The van der Waals surface area contributed by atoms with Gasteiger partial charge in [0, 0.05) is 17.3 Å². The lowest BCUT2D eigenvalue weighted by Crippen LogP contribution is -1.79. The van der Waals surface area contributed by atoms with Crippen molar-refractivity contribution in [3.63, 3.8) is 0 Å². The average molecular weight is 255 g/mol. The normalized spacial score (nSPS) is 11.1. The number of hydrogen-bond donors (Lipinski definition) is 0. The molecular weight excluding hydrogens is 246 g/mol. The Hall–Kier alpha value is -2.27. The molecule has 0 aliphatic carbocycles. The first-order valence-electron chi connectivity index (χ1n) is 5.35. The molecule has 3 heterocycles. The molecule has 0 aromatic carbocycles. The first-order chi connectivity index (χ1) is 8.92. The monoisotopic (exact) mass is 255 g/mol. The van der Waals surface area contributed by atoms with Crippen LogP contribution in [0.25, 0.3) is 22.9 Å². The van der Waals surface area contributed by atoms with Gasteiger partial charge in [0.25, 0.3) is 0 Å². The van der Waals surface area contributed by atoms with Gasteiger partial charge in [-0.3, -0.25) is 0 Å². The minimum atomic E-state index is 0.793. The molecule has 18 heavy (non-hydrogen) atoms. The fraction of sp³-hybridized carbons (Fsp3) is 0. The predicted octanol–water partition coefficient (Wildman–Crippen LogP) is 3.36. The molecule has 0 saturated heterocycles. The molecule has 88 valence electrons. The number of nitrogens with zero attached hydrogens (tertiary/aromatic N) is 3. The SMILES string of the molecule is C(=C\c1cnc(-c2ccco2)s1)/c1ccncn1. The molecule has 0 atom stereocenters. The molecule has 0 saturated carbocycles. The van der Waals surface area contributed by atoms with Gasteiger partial charge >= 0.3 is 0 Å². The molecule has 0 radical (unpaired) electrons. The summed E-state index contributed by atoms with van der Waals surface area (Å²) < 4.78 is 5.30. The highest BCUT2D eigenvalue weighted by Gasteiger charge is 2.04. The van der Waals surface area contributed by atoms with Crippen LogP contribution in [0.15, 0.2) is 47.6 Å². The van der Waals surface area contributed by atoms with Crippen LogP contribution in [-0.2, 0) is 0 Å². The van der Waals surface area contributed by atoms with E-state index >= 15 is 0 Å². The van der Waals surface area contributed by atoms with E-state index in [1.807, 2.05) is 36.5 Å². The molecule has 3 aromatic rings. The summed E-state index contributed by atoms with van der Waals surface area (Å²) >= 11 is 1.57. The second kappa shape index (κ2) is 4.93. The van der Waals surface area contributed by atoms with E-state index < -0.39 is 0 Å². The Labute approximate surface area is 108 Å². The first-order valence-corrected chi connectivity index (χ1v) is 6.17. The van der Waals surface area contributed by atoms with Crippen molar-refractivity contribution in [2.75, 3.05) is 0 Å². The highest BCUT2D eigenvalue weighted by molar-refractivity contribution is 7.15. The smallest absolute Gasteiger partial charge is 0.162 e. The zero-order valence-corrected chi connectivity index (χ0v) is 10.2. The summed E-state index contributed by atoms with van der Waals surface area (Å²) in [6.07, 6.45) is 10.6. The van der Waals surface area contributed by atoms with Crippen LogP contribution in [0, 0.1) is 0 Å². The van der Waals surface area contributed by atoms with Crippen LogP contribution in [0.4, 0.5) is 0 Å². The zero-order chi connectivity index (χ0) is 12.2. The second-order valence-corrected chi connectivity index (χ2v) is 4.57. The van der Waals surface area contributed by atoms with Gasteiger partial charge in [0.05, 0.1) is 12.0 Å². The molecule has 0 aliphatic rings. The molecule has 5 heteroatoms. The van der Waals surface area contributed by atoms with Crippen molar-refractivity contribution in [2.45, 2.75) is 0 Å². The van der Waals surface area contributed by atoms with Crippen LogP contribution in [-0.4, -0.2) is 15.0 Å². The number of furan rings is 1. The van der Waals surface area contributed by atoms with Gasteiger partial charge in [0.1, 0.15) is 6.33 Å². The van der Waals surface area contributed by atoms with Gasteiger partial charge in [-0.15, -0.1) is 11.3 Å². The minimum Gasteiger partial charge on any atom is -0.462 e. The summed E-state index contributed by atoms with van der Waals surface area (Å²) in [5, 5.41) is 0.877. The molecule has 0 bridgehead atoms. The van der Waals surface area contributed by atoms with Gasteiger partial charge < -0.3 is 4.42 Å². The van der Waals surface area contributed by atoms with Crippen LogP contribution < -0.4 is 0 Å². The van der Waals surface area contributed by atoms with Crippen molar-refractivity contribution in [2.24, 2.45) is 0 Å². The van der Waals surface area contributed by atoms with Crippen molar-refractivity contribution in [1.82, 2.24) is 15.0 Å². The fourth-order valence-corrected chi connectivity index (χ4v) is 2.23. The Morgan fingerprint density at radius 2 is 2.17 bits per heavy atom. The van der Waals surface area contributed by atoms with Crippen LogP contribution in [0.5, 0.6) is 0 Å². The van der Waals surface area contributed by atoms with Gasteiger partial charge in [0.2, 0.25) is 0 Å². The molecule has 0 fully saturated rings. The van der Waals surface area contributed by atoms with Crippen LogP contribution in [0.2, 0.25) is 0 Å². The zero-order valence-electron chi connectivity index (χ0n) is 9.35. The van der Waals surface area contributed by atoms with Crippen molar-refractivity contribution in [3.8, 4) is 10.8 Å². The van der Waals surface area contributed by atoms with Crippen molar-refractivity contribution in [1.29, 1.82) is 0 Å². The average Bonchev–Trinajstić information content (AvgIpc) is 3.08. The Morgan fingerprint density at radius 3 is 2.94 bits per heavy atom. The third kappa shape index (κ3) is 2.36. The third-order valence-electron chi connectivity index (χ3n) is 2.28. The standard InChI is InChI=1S/C13H9N3OS/c1-2-12(17-7-1)13-15-8-11(18-13)4-3-10-5-6-14-9-16-10/h1-9H/b4-3+. The summed E-state index contributed by atoms with van der Waals surface area (Å²) in [6, 6.07) is 5.61. The minimum absolute atomic E-state index is 0.793. The highest BCUT2D eigenvalue weighted by atomic mass is 32.1. The number of hydrogen-bond acceptors (Lipinski definition) is 5. The molecule has 0 amide bonds. The molecule has 0 spiro atoms. The summed E-state index contributed by atoms with van der Waals surface area (Å²) in [7, 11) is 0. The molecular formula is C13H9N3OS. The van der Waals surface area contributed by atoms with E-state index in [0.717, 1.165) is 21.3 Å². The summed E-state index contributed by atoms with van der Waals surface area (Å²) in [4.78, 5) is 13.4. The van der Waals surface area contributed by atoms with E-state index in [0.29, 0.717) is 0 Å². The summed E-state index contributed by atoms with van der Waals surface area (Å²) in [6.45, 7) is 0. The molecule has 0 aliphatic heterocycles. The molecule has 0 N–H and O–H groups in total. The maximum absolute atomic E-state index is 5.30. The van der Waals surface area contributed by atoms with Crippen LogP contribution in [0.3, 0.4) is 0 Å². The van der Waals surface area contributed by atoms with E-state index in [1.54, 1.807) is 23.8 Å².